The fraction of sp³-hybridized carbons (Fsp3) is 0.368. The number of hydrogen-bond acceptors (Lipinski definition) is 5. The molecule has 0 bridgehead atoms. The van der Waals surface area contributed by atoms with Crippen LogP contribution in [0.1, 0.15) is 36.3 Å². The van der Waals surface area contributed by atoms with Gasteiger partial charge in [-0.15, -0.1) is 0 Å². The molecule has 0 unspecified atom stereocenters. The van der Waals surface area contributed by atoms with Crippen LogP contribution in [-0.2, 0) is 19.1 Å². The largest absolute Gasteiger partial charge is 0.466 e. The fourth-order valence-corrected chi connectivity index (χ4v) is 3.86. The number of allylic oxidation sites excluding steroid dienone is 1. The molecule has 0 aromatic heterocycles. The lowest BCUT2D eigenvalue weighted by Gasteiger charge is -2.29. The zero-order valence-corrected chi connectivity index (χ0v) is 14.6. The van der Waals surface area contributed by atoms with E-state index in [1.807, 2.05) is 0 Å². The van der Waals surface area contributed by atoms with Crippen LogP contribution >= 0.6 is 0 Å². The summed E-state index contributed by atoms with van der Waals surface area (Å²) >= 11 is 0. The first-order valence-electron chi connectivity index (χ1n) is 8.38. The van der Waals surface area contributed by atoms with Crippen LogP contribution in [0.2, 0.25) is 0 Å². The van der Waals surface area contributed by atoms with Crippen LogP contribution < -0.4 is 5.32 Å². The highest BCUT2D eigenvalue weighted by molar-refractivity contribution is 6.01. The molecule has 5 nitrogen and oxygen atoms in total. The quantitative estimate of drug-likeness (QED) is 0.819. The minimum absolute atomic E-state index is 0.0271. The standard InChI is InChI=1S/C19H16F3NO4/c1-8-13(17(24)26-2)15(16-12(23-8)7-27-18(16)25)9-4-3-5-11(20)14(9)10-6-19(10,21)22/h3-5,10,15,23H,6-7H2,1-2H3/t10-,15-/m0/s1. The predicted molar refractivity (Wildman–Crippen MR) is 87.3 cm³/mol. The molecule has 0 amide bonds. The molecule has 1 fully saturated rings. The number of hydrogen-bond donors (Lipinski definition) is 1. The first kappa shape index (κ1) is 17.6. The number of carbonyl (C=O) groups is 2. The van der Waals surface area contributed by atoms with Crippen LogP contribution in [0.3, 0.4) is 0 Å². The molecule has 0 radical (unpaired) electrons. The number of halogens is 3. The van der Waals surface area contributed by atoms with Crippen molar-refractivity contribution in [2.75, 3.05) is 13.7 Å². The molecular formula is C19H16F3NO4. The van der Waals surface area contributed by atoms with E-state index in [2.05, 4.69) is 5.32 Å². The van der Waals surface area contributed by atoms with E-state index < -0.39 is 41.9 Å². The number of nitrogens with one attached hydrogen (secondary N) is 1. The minimum Gasteiger partial charge on any atom is -0.466 e. The third kappa shape index (κ3) is 2.62. The molecule has 1 N–H and O–H groups in total. The van der Waals surface area contributed by atoms with Gasteiger partial charge in [-0.25, -0.2) is 22.8 Å². The molecule has 3 aliphatic rings. The molecule has 1 saturated carbocycles. The number of methoxy groups -OCH3 is 1. The molecule has 27 heavy (non-hydrogen) atoms. The van der Waals surface area contributed by atoms with Crippen LogP contribution in [0.5, 0.6) is 0 Å². The number of ether oxygens (including phenoxy) is 2. The van der Waals surface area contributed by atoms with Gasteiger partial charge in [-0.2, -0.15) is 0 Å². The Labute approximate surface area is 152 Å². The number of dihydropyridines is 1. The van der Waals surface area contributed by atoms with Gasteiger partial charge < -0.3 is 14.8 Å². The van der Waals surface area contributed by atoms with Crippen molar-refractivity contribution >= 4 is 11.9 Å². The second kappa shape index (κ2) is 5.87. The third-order valence-electron chi connectivity index (χ3n) is 5.19. The summed E-state index contributed by atoms with van der Waals surface area (Å²) in [7, 11) is 1.18. The summed E-state index contributed by atoms with van der Waals surface area (Å²) in [6.07, 6.45) is -0.474. The minimum atomic E-state index is -3.01. The monoisotopic (exact) mass is 379 g/mol. The van der Waals surface area contributed by atoms with E-state index in [0.29, 0.717) is 11.4 Å². The zero-order chi connectivity index (χ0) is 19.5. The molecule has 8 heteroatoms. The summed E-state index contributed by atoms with van der Waals surface area (Å²) in [6, 6.07) is 3.95. The highest BCUT2D eigenvalue weighted by Gasteiger charge is 2.60. The molecule has 1 aromatic carbocycles. The first-order valence-corrected chi connectivity index (χ1v) is 8.38. The van der Waals surface area contributed by atoms with Crippen molar-refractivity contribution in [3.05, 3.63) is 57.7 Å². The molecule has 2 heterocycles. The smallest absolute Gasteiger partial charge is 0.337 e. The zero-order valence-electron chi connectivity index (χ0n) is 14.6. The van der Waals surface area contributed by atoms with Gasteiger partial charge in [0.2, 0.25) is 0 Å². The number of cyclic esters (lactones) is 1. The van der Waals surface area contributed by atoms with Gasteiger partial charge in [-0.1, -0.05) is 12.1 Å². The van der Waals surface area contributed by atoms with Gasteiger partial charge in [-0.3, -0.25) is 0 Å². The topological polar surface area (TPSA) is 64.6 Å². The van der Waals surface area contributed by atoms with Gasteiger partial charge in [0, 0.05) is 17.7 Å². The van der Waals surface area contributed by atoms with Crippen molar-refractivity contribution in [2.24, 2.45) is 0 Å². The van der Waals surface area contributed by atoms with E-state index in [1.54, 1.807) is 6.92 Å². The summed E-state index contributed by atoms with van der Waals surface area (Å²) in [4.78, 5) is 24.8. The van der Waals surface area contributed by atoms with Crippen molar-refractivity contribution in [2.45, 2.75) is 31.1 Å². The molecule has 2 aliphatic heterocycles. The van der Waals surface area contributed by atoms with E-state index in [4.69, 9.17) is 9.47 Å². The van der Waals surface area contributed by atoms with Crippen molar-refractivity contribution in [3.8, 4) is 0 Å². The summed E-state index contributed by atoms with van der Waals surface area (Å²) in [5.74, 6) is -7.52. The van der Waals surface area contributed by atoms with Crippen molar-refractivity contribution in [1.82, 2.24) is 5.32 Å². The fourth-order valence-electron chi connectivity index (χ4n) is 3.86. The number of benzene rings is 1. The maximum Gasteiger partial charge on any atom is 0.337 e. The van der Waals surface area contributed by atoms with E-state index in [9.17, 15) is 22.8 Å². The number of alkyl halides is 2. The molecule has 4 rings (SSSR count). The summed E-state index contributed by atoms with van der Waals surface area (Å²) < 4.78 is 52.0. The average Bonchev–Trinajstić information content (AvgIpc) is 3.09. The lowest BCUT2D eigenvalue weighted by Crippen LogP contribution is -2.30. The highest BCUT2D eigenvalue weighted by atomic mass is 19.3. The molecule has 0 spiro atoms. The molecule has 1 aromatic rings. The Bertz CT molecular complexity index is 935. The van der Waals surface area contributed by atoms with Gasteiger partial charge in [0.15, 0.2) is 0 Å². The molecule has 2 atom stereocenters. The number of rotatable bonds is 3. The molecular weight excluding hydrogens is 363 g/mol. The van der Waals surface area contributed by atoms with Crippen LogP contribution in [0.4, 0.5) is 13.2 Å². The predicted octanol–water partition coefficient (Wildman–Crippen LogP) is 2.89. The summed E-state index contributed by atoms with van der Waals surface area (Å²) in [6.45, 7) is 1.58. The molecule has 142 valence electrons. The average molecular weight is 379 g/mol. The van der Waals surface area contributed by atoms with Crippen molar-refractivity contribution in [3.63, 3.8) is 0 Å². The maximum atomic E-state index is 14.6. The number of carbonyl (C=O) groups excluding carboxylic acids is 2. The van der Waals surface area contributed by atoms with Gasteiger partial charge >= 0.3 is 11.9 Å². The highest BCUT2D eigenvalue weighted by Crippen LogP contribution is 2.58. The van der Waals surface area contributed by atoms with Crippen LogP contribution in [0.25, 0.3) is 0 Å². The Hall–Kier alpha value is -2.77. The van der Waals surface area contributed by atoms with E-state index in [1.165, 1.54) is 19.2 Å². The lowest BCUT2D eigenvalue weighted by atomic mass is 9.78. The maximum absolute atomic E-state index is 14.6. The second-order valence-electron chi connectivity index (χ2n) is 6.82. The van der Waals surface area contributed by atoms with Gasteiger partial charge in [0.1, 0.15) is 12.4 Å². The first-order chi connectivity index (χ1) is 12.8. The van der Waals surface area contributed by atoms with E-state index in [0.717, 1.165) is 6.07 Å². The Morgan fingerprint density at radius 3 is 2.70 bits per heavy atom. The lowest BCUT2D eigenvalue weighted by molar-refractivity contribution is -0.136. The van der Waals surface area contributed by atoms with Crippen LogP contribution in [-0.4, -0.2) is 31.6 Å². The number of esters is 2. The van der Waals surface area contributed by atoms with Gasteiger partial charge in [-0.05, 0) is 18.6 Å². The van der Waals surface area contributed by atoms with E-state index in [-0.39, 0.29) is 28.9 Å². The van der Waals surface area contributed by atoms with Gasteiger partial charge in [0.25, 0.3) is 5.92 Å². The Morgan fingerprint density at radius 1 is 1.37 bits per heavy atom. The second-order valence-corrected chi connectivity index (χ2v) is 6.82. The molecule has 0 saturated heterocycles. The SMILES string of the molecule is COC(=O)C1=C(C)NC2=C(C(=O)OC2)[C@H]1c1cccc(F)c1[C@@H]1CC1(F)F. The third-order valence-corrected chi connectivity index (χ3v) is 5.19. The van der Waals surface area contributed by atoms with E-state index >= 15 is 0 Å². The summed E-state index contributed by atoms with van der Waals surface area (Å²) in [5.41, 5.74) is 1.03. The Kier molecular flexibility index (Phi) is 3.83. The van der Waals surface area contributed by atoms with Crippen LogP contribution in [0.15, 0.2) is 40.7 Å². The van der Waals surface area contributed by atoms with Crippen LogP contribution in [0, 0.1) is 5.82 Å². The molecule has 1 aliphatic carbocycles. The van der Waals surface area contributed by atoms with Crippen molar-refractivity contribution < 1.29 is 32.2 Å². The Morgan fingerprint density at radius 2 is 2.07 bits per heavy atom. The van der Waals surface area contributed by atoms with Gasteiger partial charge in [0.05, 0.1) is 35.8 Å². The normalized spacial score (nSPS) is 25.7. The Balaban J connectivity index is 1.94. The van der Waals surface area contributed by atoms with Crippen molar-refractivity contribution in [1.29, 1.82) is 0 Å². The summed E-state index contributed by atoms with van der Waals surface area (Å²) in [5, 5.41) is 2.94.